The molecule has 1 aliphatic rings. The summed E-state index contributed by atoms with van der Waals surface area (Å²) >= 11 is 0. The topological polar surface area (TPSA) is 71.5 Å². The summed E-state index contributed by atoms with van der Waals surface area (Å²) in [5.41, 5.74) is 0.648. The molecular weight excluding hydrogens is 220 g/mol. The van der Waals surface area contributed by atoms with Crippen LogP contribution < -0.4 is 5.32 Å². The van der Waals surface area contributed by atoms with Gasteiger partial charge in [-0.2, -0.15) is 0 Å². The third-order valence-electron chi connectivity index (χ3n) is 2.85. The van der Waals surface area contributed by atoms with Gasteiger partial charge in [0.05, 0.1) is 12.3 Å². The average Bonchev–Trinajstić information content (AvgIpc) is 2.38. The first-order valence-electron chi connectivity index (χ1n) is 5.77. The zero-order valence-electron chi connectivity index (χ0n) is 9.56. The summed E-state index contributed by atoms with van der Waals surface area (Å²) in [4.78, 5) is 14.8. The molecular formula is C12H16N2O3. The van der Waals surface area contributed by atoms with Crippen molar-refractivity contribution in [2.45, 2.75) is 12.8 Å². The van der Waals surface area contributed by atoms with E-state index >= 15 is 0 Å². The van der Waals surface area contributed by atoms with Crippen molar-refractivity contribution >= 4 is 11.7 Å². The molecule has 5 heteroatoms. The molecule has 0 bridgehead atoms. The highest BCUT2D eigenvalue weighted by Gasteiger charge is 2.15. The van der Waals surface area contributed by atoms with Crippen LogP contribution in [0.5, 0.6) is 0 Å². The first kappa shape index (κ1) is 11.9. The number of carboxylic acid groups (broad SMARTS) is 1. The molecule has 1 aromatic rings. The third-order valence-corrected chi connectivity index (χ3v) is 2.85. The standard InChI is InChI=1S/C12H16N2O3/c15-12(16)11-10(4-1-5-13-11)14-7-9-3-2-6-17-8-9/h1,4-5,9,14H,2-3,6-8H2,(H,15,16). The van der Waals surface area contributed by atoms with Crippen LogP contribution in [0.3, 0.4) is 0 Å². The minimum Gasteiger partial charge on any atom is -0.476 e. The summed E-state index contributed by atoms with van der Waals surface area (Å²) in [5.74, 6) is -0.557. The lowest BCUT2D eigenvalue weighted by Gasteiger charge is -2.22. The second-order valence-corrected chi connectivity index (χ2v) is 4.17. The monoisotopic (exact) mass is 236 g/mol. The first-order valence-corrected chi connectivity index (χ1v) is 5.77. The van der Waals surface area contributed by atoms with Gasteiger partial charge in [-0.05, 0) is 30.9 Å². The number of ether oxygens (including phenoxy) is 1. The van der Waals surface area contributed by atoms with Crippen molar-refractivity contribution in [3.05, 3.63) is 24.0 Å². The van der Waals surface area contributed by atoms with Gasteiger partial charge in [0, 0.05) is 19.3 Å². The summed E-state index contributed by atoms with van der Waals surface area (Å²) < 4.78 is 5.38. The van der Waals surface area contributed by atoms with E-state index in [1.54, 1.807) is 12.1 Å². The SMILES string of the molecule is O=C(O)c1ncccc1NCC1CCCOC1. The second kappa shape index (κ2) is 5.63. The second-order valence-electron chi connectivity index (χ2n) is 4.17. The number of anilines is 1. The van der Waals surface area contributed by atoms with E-state index in [0.717, 1.165) is 32.6 Å². The number of carbonyl (C=O) groups is 1. The van der Waals surface area contributed by atoms with Crippen molar-refractivity contribution in [3.63, 3.8) is 0 Å². The van der Waals surface area contributed by atoms with Gasteiger partial charge in [-0.15, -0.1) is 0 Å². The lowest BCUT2D eigenvalue weighted by molar-refractivity contribution is 0.0594. The quantitative estimate of drug-likeness (QED) is 0.831. The fraction of sp³-hybridized carbons (Fsp3) is 0.500. The summed E-state index contributed by atoms with van der Waals surface area (Å²) in [6.07, 6.45) is 3.68. The van der Waals surface area contributed by atoms with E-state index in [1.165, 1.54) is 6.20 Å². The molecule has 5 nitrogen and oxygen atoms in total. The van der Waals surface area contributed by atoms with Crippen molar-refractivity contribution in [2.24, 2.45) is 5.92 Å². The Bertz CT molecular complexity index is 389. The van der Waals surface area contributed by atoms with Crippen LogP contribution in [-0.2, 0) is 4.74 Å². The number of rotatable bonds is 4. The Kier molecular flexibility index (Phi) is 3.93. The van der Waals surface area contributed by atoms with Crippen molar-refractivity contribution in [1.29, 1.82) is 0 Å². The lowest BCUT2D eigenvalue weighted by atomic mass is 10.0. The van der Waals surface area contributed by atoms with Crippen LogP contribution >= 0.6 is 0 Å². The zero-order valence-corrected chi connectivity index (χ0v) is 9.56. The highest BCUT2D eigenvalue weighted by atomic mass is 16.5. The summed E-state index contributed by atoms with van der Waals surface area (Å²) in [6, 6.07) is 3.46. The Balaban J connectivity index is 1.96. The van der Waals surface area contributed by atoms with Crippen molar-refractivity contribution in [1.82, 2.24) is 4.98 Å². The Morgan fingerprint density at radius 1 is 1.65 bits per heavy atom. The Hall–Kier alpha value is -1.62. The molecule has 2 rings (SSSR count). The first-order chi connectivity index (χ1) is 8.27. The number of pyridine rings is 1. The van der Waals surface area contributed by atoms with Crippen LogP contribution in [0.4, 0.5) is 5.69 Å². The molecule has 1 unspecified atom stereocenters. The molecule has 0 aromatic carbocycles. The molecule has 1 aliphatic heterocycles. The molecule has 0 aliphatic carbocycles. The van der Waals surface area contributed by atoms with Gasteiger partial charge < -0.3 is 15.2 Å². The maximum atomic E-state index is 10.9. The molecule has 0 saturated carbocycles. The highest BCUT2D eigenvalue weighted by Crippen LogP contribution is 2.17. The van der Waals surface area contributed by atoms with E-state index in [0.29, 0.717) is 11.6 Å². The maximum absolute atomic E-state index is 10.9. The fourth-order valence-corrected chi connectivity index (χ4v) is 1.94. The van der Waals surface area contributed by atoms with Crippen LogP contribution in [0, 0.1) is 5.92 Å². The van der Waals surface area contributed by atoms with Gasteiger partial charge in [0.15, 0.2) is 5.69 Å². The van der Waals surface area contributed by atoms with Gasteiger partial charge in [-0.25, -0.2) is 9.78 Å². The van der Waals surface area contributed by atoms with Crippen LogP contribution in [0.2, 0.25) is 0 Å². The molecule has 1 fully saturated rings. The number of hydrogen-bond acceptors (Lipinski definition) is 4. The third kappa shape index (κ3) is 3.17. The highest BCUT2D eigenvalue weighted by molar-refractivity contribution is 5.91. The molecule has 2 heterocycles. The maximum Gasteiger partial charge on any atom is 0.356 e. The van der Waals surface area contributed by atoms with Crippen molar-refractivity contribution < 1.29 is 14.6 Å². The van der Waals surface area contributed by atoms with Crippen LogP contribution in [-0.4, -0.2) is 35.8 Å². The number of aromatic carboxylic acids is 1. The predicted octanol–water partition coefficient (Wildman–Crippen LogP) is 1.62. The molecule has 1 aromatic heterocycles. The normalized spacial score (nSPS) is 19.9. The van der Waals surface area contributed by atoms with Crippen molar-refractivity contribution in [2.75, 3.05) is 25.1 Å². The van der Waals surface area contributed by atoms with E-state index in [2.05, 4.69) is 10.3 Å². The zero-order chi connectivity index (χ0) is 12.1. The number of nitrogens with zero attached hydrogens (tertiary/aromatic N) is 1. The molecule has 0 radical (unpaired) electrons. The Morgan fingerprint density at radius 2 is 2.53 bits per heavy atom. The van der Waals surface area contributed by atoms with Gasteiger partial charge >= 0.3 is 5.97 Å². The molecule has 17 heavy (non-hydrogen) atoms. The number of hydrogen-bond donors (Lipinski definition) is 2. The van der Waals surface area contributed by atoms with Crippen LogP contribution in [0.15, 0.2) is 18.3 Å². The number of aromatic nitrogens is 1. The minimum atomic E-state index is -1.01. The van der Waals surface area contributed by atoms with Gasteiger partial charge in [0.2, 0.25) is 0 Å². The molecule has 1 saturated heterocycles. The van der Waals surface area contributed by atoms with E-state index in [9.17, 15) is 4.79 Å². The van der Waals surface area contributed by atoms with Gasteiger partial charge in [0.1, 0.15) is 0 Å². The summed E-state index contributed by atoms with van der Waals surface area (Å²) in [6.45, 7) is 2.31. The lowest BCUT2D eigenvalue weighted by Crippen LogP contribution is -2.25. The predicted molar refractivity (Wildman–Crippen MR) is 63.2 cm³/mol. The van der Waals surface area contributed by atoms with Gasteiger partial charge in [0.25, 0.3) is 0 Å². The van der Waals surface area contributed by atoms with Crippen molar-refractivity contribution in [3.8, 4) is 0 Å². The van der Waals surface area contributed by atoms with E-state index in [4.69, 9.17) is 9.84 Å². The van der Waals surface area contributed by atoms with E-state index < -0.39 is 5.97 Å². The Labute approximate surface area is 99.8 Å². The fourth-order valence-electron chi connectivity index (χ4n) is 1.94. The summed E-state index contributed by atoms with van der Waals surface area (Å²) in [5, 5.41) is 12.1. The number of nitrogens with one attached hydrogen (secondary N) is 1. The molecule has 1 atom stereocenters. The molecule has 92 valence electrons. The smallest absolute Gasteiger partial charge is 0.356 e. The van der Waals surface area contributed by atoms with Crippen LogP contribution in [0.25, 0.3) is 0 Å². The van der Waals surface area contributed by atoms with Gasteiger partial charge in [-0.1, -0.05) is 0 Å². The summed E-state index contributed by atoms with van der Waals surface area (Å²) in [7, 11) is 0. The average molecular weight is 236 g/mol. The van der Waals surface area contributed by atoms with Gasteiger partial charge in [-0.3, -0.25) is 0 Å². The molecule has 2 N–H and O–H groups in total. The van der Waals surface area contributed by atoms with E-state index in [-0.39, 0.29) is 5.69 Å². The number of carboxylic acids is 1. The van der Waals surface area contributed by atoms with Crippen LogP contribution in [0.1, 0.15) is 23.3 Å². The largest absolute Gasteiger partial charge is 0.476 e. The van der Waals surface area contributed by atoms with E-state index in [1.807, 2.05) is 0 Å². The minimum absolute atomic E-state index is 0.0734. The Morgan fingerprint density at radius 3 is 3.24 bits per heavy atom. The molecule has 0 spiro atoms. The molecule has 0 amide bonds.